The van der Waals surface area contributed by atoms with Gasteiger partial charge < -0.3 is 9.55 Å². The van der Waals surface area contributed by atoms with Gasteiger partial charge in [-0.05, 0) is 36.6 Å². The second-order valence-electron chi connectivity index (χ2n) is 7.58. The molecule has 2 N–H and O–H groups in total. The monoisotopic (exact) mass is 445 g/mol. The highest BCUT2D eigenvalue weighted by molar-refractivity contribution is 9.10. The van der Waals surface area contributed by atoms with E-state index in [1.807, 2.05) is 42.7 Å². The summed E-state index contributed by atoms with van der Waals surface area (Å²) < 4.78 is 3.14. The van der Waals surface area contributed by atoms with Crippen molar-refractivity contribution in [3.63, 3.8) is 0 Å². The van der Waals surface area contributed by atoms with Crippen molar-refractivity contribution in [3.8, 4) is 0 Å². The number of para-hydroxylation sites is 1. The third kappa shape index (κ3) is 2.32. The van der Waals surface area contributed by atoms with E-state index >= 15 is 0 Å². The molecule has 0 spiro atoms. The Labute approximate surface area is 174 Å². The SMILES string of the molecule is O=C1NC(=O)C(c2cn3c4c(cccc24)CCC3)=C1c1c[nH]c2ccc(Br)cc12. The van der Waals surface area contributed by atoms with Crippen molar-refractivity contribution in [2.75, 3.05) is 0 Å². The summed E-state index contributed by atoms with van der Waals surface area (Å²) in [6.45, 7) is 0.922. The van der Waals surface area contributed by atoms with Gasteiger partial charge in [-0.25, -0.2) is 0 Å². The molecular formula is C23H16BrN3O2. The highest BCUT2D eigenvalue weighted by Gasteiger charge is 2.35. The second kappa shape index (κ2) is 5.94. The molecule has 4 aromatic rings. The van der Waals surface area contributed by atoms with E-state index in [-0.39, 0.29) is 11.8 Å². The number of amides is 2. The Morgan fingerprint density at radius 1 is 0.966 bits per heavy atom. The van der Waals surface area contributed by atoms with Crippen LogP contribution in [0, 0.1) is 0 Å². The molecule has 2 aliphatic heterocycles. The quantitative estimate of drug-likeness (QED) is 0.449. The molecule has 5 nitrogen and oxygen atoms in total. The van der Waals surface area contributed by atoms with Crippen LogP contribution in [0.25, 0.3) is 33.0 Å². The van der Waals surface area contributed by atoms with Crippen LogP contribution in [0.3, 0.4) is 0 Å². The van der Waals surface area contributed by atoms with Gasteiger partial charge in [-0.15, -0.1) is 0 Å². The number of benzene rings is 2. The lowest BCUT2D eigenvalue weighted by Gasteiger charge is -2.14. The number of carbonyl (C=O) groups excluding carboxylic acids is 2. The fourth-order valence-electron chi connectivity index (χ4n) is 4.72. The lowest BCUT2D eigenvalue weighted by molar-refractivity contribution is -0.122. The summed E-state index contributed by atoms with van der Waals surface area (Å²) >= 11 is 3.51. The highest BCUT2D eigenvalue weighted by atomic mass is 79.9. The number of imide groups is 1. The number of hydrogen-bond donors (Lipinski definition) is 2. The van der Waals surface area contributed by atoms with E-state index in [1.54, 1.807) is 0 Å². The molecule has 0 aliphatic carbocycles. The number of aryl methyl sites for hydroxylation is 2. The molecule has 29 heavy (non-hydrogen) atoms. The molecular weight excluding hydrogens is 430 g/mol. The fourth-order valence-corrected chi connectivity index (χ4v) is 5.08. The number of halogens is 1. The number of carbonyl (C=O) groups is 2. The summed E-state index contributed by atoms with van der Waals surface area (Å²) in [5, 5.41) is 4.45. The molecule has 0 saturated carbocycles. The maximum atomic E-state index is 12.9. The Hall–Kier alpha value is -3.12. The molecule has 0 bridgehead atoms. The summed E-state index contributed by atoms with van der Waals surface area (Å²) in [5.41, 5.74) is 5.85. The molecule has 0 saturated heterocycles. The minimum Gasteiger partial charge on any atom is -0.361 e. The smallest absolute Gasteiger partial charge is 0.259 e. The third-order valence-corrected chi connectivity index (χ3v) is 6.43. The van der Waals surface area contributed by atoms with E-state index in [2.05, 4.69) is 36.9 Å². The Morgan fingerprint density at radius 2 is 1.79 bits per heavy atom. The molecule has 2 aliphatic rings. The van der Waals surface area contributed by atoms with Crippen LogP contribution < -0.4 is 5.32 Å². The van der Waals surface area contributed by atoms with Crippen LogP contribution in [-0.4, -0.2) is 21.4 Å². The summed E-state index contributed by atoms with van der Waals surface area (Å²) in [4.78, 5) is 29.0. The van der Waals surface area contributed by atoms with Gasteiger partial charge in [0.1, 0.15) is 0 Å². The van der Waals surface area contributed by atoms with Crippen molar-refractivity contribution in [2.45, 2.75) is 19.4 Å². The molecule has 0 atom stereocenters. The van der Waals surface area contributed by atoms with Crippen molar-refractivity contribution >= 4 is 60.7 Å². The van der Waals surface area contributed by atoms with Crippen molar-refractivity contribution in [1.29, 1.82) is 0 Å². The number of aromatic amines is 1. The summed E-state index contributed by atoms with van der Waals surface area (Å²) in [7, 11) is 0. The minimum absolute atomic E-state index is 0.335. The van der Waals surface area contributed by atoms with Crippen molar-refractivity contribution in [2.24, 2.45) is 0 Å². The number of hydrogen-bond acceptors (Lipinski definition) is 2. The van der Waals surface area contributed by atoms with Gasteiger partial charge in [0.15, 0.2) is 0 Å². The van der Waals surface area contributed by atoms with E-state index in [4.69, 9.17) is 0 Å². The maximum Gasteiger partial charge on any atom is 0.259 e. The molecule has 6 heteroatoms. The highest BCUT2D eigenvalue weighted by Crippen LogP contribution is 2.40. The van der Waals surface area contributed by atoms with Gasteiger partial charge in [-0.3, -0.25) is 14.9 Å². The summed E-state index contributed by atoms with van der Waals surface area (Å²) in [6.07, 6.45) is 5.96. The molecule has 6 rings (SSSR count). The molecule has 0 unspecified atom stereocenters. The first kappa shape index (κ1) is 16.8. The lowest BCUT2D eigenvalue weighted by Crippen LogP contribution is -2.22. The van der Waals surface area contributed by atoms with E-state index in [0.29, 0.717) is 11.1 Å². The average Bonchev–Trinajstić information content (AvgIpc) is 3.36. The van der Waals surface area contributed by atoms with Gasteiger partial charge >= 0.3 is 0 Å². The van der Waals surface area contributed by atoms with E-state index in [9.17, 15) is 9.59 Å². The normalized spacial score (nSPS) is 16.3. The Balaban J connectivity index is 1.69. The van der Waals surface area contributed by atoms with Gasteiger partial charge in [-0.2, -0.15) is 0 Å². The van der Waals surface area contributed by atoms with Crippen LogP contribution in [-0.2, 0) is 22.6 Å². The van der Waals surface area contributed by atoms with Crippen LogP contribution in [0.1, 0.15) is 23.1 Å². The average molecular weight is 446 g/mol. The topological polar surface area (TPSA) is 66.9 Å². The largest absolute Gasteiger partial charge is 0.361 e. The minimum atomic E-state index is -0.349. The predicted molar refractivity (Wildman–Crippen MR) is 116 cm³/mol. The van der Waals surface area contributed by atoms with Crippen LogP contribution in [0.15, 0.2) is 53.3 Å². The standard InChI is InChI=1S/C23H16BrN3O2/c24-13-6-7-18-15(9-13)16(10-25-18)19-20(23(29)26-22(19)28)17-11-27-8-2-4-12-3-1-5-14(17)21(12)27/h1,3,5-7,9-11,25H,2,4,8H2,(H,26,28,29). The van der Waals surface area contributed by atoms with Gasteiger partial charge in [0.05, 0.1) is 16.7 Å². The van der Waals surface area contributed by atoms with Gasteiger partial charge in [-0.1, -0.05) is 34.1 Å². The molecule has 2 amide bonds. The lowest BCUT2D eigenvalue weighted by atomic mass is 9.94. The number of H-pyrrole nitrogens is 1. The van der Waals surface area contributed by atoms with E-state index in [1.165, 1.54) is 11.1 Å². The summed E-state index contributed by atoms with van der Waals surface area (Å²) in [5.74, 6) is -0.684. The van der Waals surface area contributed by atoms with Gasteiger partial charge in [0.25, 0.3) is 11.8 Å². The zero-order valence-electron chi connectivity index (χ0n) is 15.4. The first-order valence-electron chi connectivity index (χ1n) is 9.60. The Kier molecular flexibility index (Phi) is 3.44. The van der Waals surface area contributed by atoms with Crippen molar-refractivity contribution in [1.82, 2.24) is 14.9 Å². The van der Waals surface area contributed by atoms with Crippen LogP contribution in [0.4, 0.5) is 0 Å². The Morgan fingerprint density at radius 3 is 2.66 bits per heavy atom. The van der Waals surface area contributed by atoms with Crippen molar-refractivity contribution in [3.05, 3.63) is 70.0 Å². The summed E-state index contributed by atoms with van der Waals surface area (Å²) in [6, 6.07) is 12.1. The number of rotatable bonds is 2. The van der Waals surface area contributed by atoms with Crippen LogP contribution in [0.5, 0.6) is 0 Å². The number of nitrogens with zero attached hydrogens (tertiary/aromatic N) is 1. The predicted octanol–water partition coefficient (Wildman–Crippen LogP) is 4.40. The van der Waals surface area contributed by atoms with E-state index < -0.39 is 0 Å². The third-order valence-electron chi connectivity index (χ3n) is 5.94. The van der Waals surface area contributed by atoms with Crippen molar-refractivity contribution < 1.29 is 9.59 Å². The molecule has 2 aromatic carbocycles. The number of aromatic nitrogens is 2. The van der Waals surface area contributed by atoms with Gasteiger partial charge in [0.2, 0.25) is 0 Å². The fraction of sp³-hybridized carbons (Fsp3) is 0.130. The zero-order chi connectivity index (χ0) is 19.7. The second-order valence-corrected chi connectivity index (χ2v) is 8.49. The van der Waals surface area contributed by atoms with Crippen LogP contribution >= 0.6 is 15.9 Å². The Bertz CT molecular complexity index is 1410. The number of nitrogens with one attached hydrogen (secondary N) is 2. The van der Waals surface area contributed by atoms with E-state index in [0.717, 1.165) is 51.3 Å². The molecule has 0 fully saturated rings. The first-order chi connectivity index (χ1) is 14.1. The first-order valence-corrected chi connectivity index (χ1v) is 10.4. The molecule has 2 aromatic heterocycles. The molecule has 142 valence electrons. The molecule has 4 heterocycles. The van der Waals surface area contributed by atoms with Crippen LogP contribution in [0.2, 0.25) is 0 Å². The number of fused-ring (bicyclic) bond motifs is 1. The van der Waals surface area contributed by atoms with Gasteiger partial charge in [0, 0.05) is 50.8 Å². The molecule has 0 radical (unpaired) electrons. The maximum absolute atomic E-state index is 12.9. The zero-order valence-corrected chi connectivity index (χ0v) is 17.0.